The van der Waals surface area contributed by atoms with Gasteiger partial charge in [0.1, 0.15) is 5.75 Å². The van der Waals surface area contributed by atoms with E-state index in [2.05, 4.69) is 52.5 Å². The van der Waals surface area contributed by atoms with Crippen LogP contribution in [-0.2, 0) is 0 Å². The van der Waals surface area contributed by atoms with E-state index < -0.39 is 0 Å². The summed E-state index contributed by atoms with van der Waals surface area (Å²) in [4.78, 5) is 10.2. The lowest BCUT2D eigenvalue weighted by Crippen LogP contribution is -2.49. The molecule has 30 heavy (non-hydrogen) atoms. The second-order valence-corrected chi connectivity index (χ2v) is 8.52. The van der Waals surface area contributed by atoms with Gasteiger partial charge >= 0.3 is 0 Å². The van der Waals surface area contributed by atoms with Crippen LogP contribution in [0, 0.1) is 0 Å². The predicted octanol–water partition coefficient (Wildman–Crippen LogP) is 3.26. The maximum absolute atomic E-state index is 5.48. The lowest BCUT2D eigenvalue weighted by Gasteiger charge is -2.33. The summed E-state index contributed by atoms with van der Waals surface area (Å²) in [6, 6.07) is 9.30. The van der Waals surface area contributed by atoms with E-state index in [0.29, 0.717) is 12.1 Å². The maximum Gasteiger partial charge on any atom is 0.191 e. The Balaban J connectivity index is 1.66. The van der Waals surface area contributed by atoms with Gasteiger partial charge in [0.2, 0.25) is 0 Å². The first kappa shape index (κ1) is 22.9. The molecule has 6 heteroatoms. The van der Waals surface area contributed by atoms with Crippen molar-refractivity contribution in [1.82, 2.24) is 20.4 Å². The Kier molecular flexibility index (Phi) is 9.27. The van der Waals surface area contributed by atoms with Gasteiger partial charge in [-0.2, -0.15) is 0 Å². The second kappa shape index (κ2) is 12.2. The summed E-state index contributed by atoms with van der Waals surface area (Å²) in [5.74, 6) is 1.88. The molecule has 6 nitrogen and oxygen atoms in total. The Morgan fingerprint density at radius 1 is 1.17 bits per heavy atom. The first-order valence-electron chi connectivity index (χ1n) is 11.9. The molecule has 0 amide bonds. The van der Waals surface area contributed by atoms with Gasteiger partial charge in [0.15, 0.2) is 5.96 Å². The first-order chi connectivity index (χ1) is 14.7. The number of hydrogen-bond donors (Lipinski definition) is 2. The number of piperidine rings is 1. The highest BCUT2D eigenvalue weighted by Crippen LogP contribution is 2.28. The number of rotatable bonds is 9. The quantitative estimate of drug-likeness (QED) is 0.479. The van der Waals surface area contributed by atoms with Crippen LogP contribution in [0.5, 0.6) is 5.75 Å². The molecule has 2 fully saturated rings. The molecule has 0 saturated carbocycles. The van der Waals surface area contributed by atoms with Gasteiger partial charge in [-0.1, -0.05) is 19.1 Å². The molecule has 0 bridgehead atoms. The highest BCUT2D eigenvalue weighted by molar-refractivity contribution is 5.80. The van der Waals surface area contributed by atoms with E-state index in [-0.39, 0.29) is 0 Å². The summed E-state index contributed by atoms with van der Waals surface area (Å²) in [6.07, 6.45) is 6.17. The van der Waals surface area contributed by atoms with Crippen LogP contribution in [0.2, 0.25) is 0 Å². The fourth-order valence-corrected chi connectivity index (χ4v) is 4.64. The van der Waals surface area contributed by atoms with E-state index in [9.17, 15) is 0 Å². The van der Waals surface area contributed by atoms with E-state index in [1.54, 1.807) is 7.11 Å². The Morgan fingerprint density at radius 2 is 1.93 bits per heavy atom. The van der Waals surface area contributed by atoms with Crippen LogP contribution >= 0.6 is 0 Å². The van der Waals surface area contributed by atoms with E-state index in [4.69, 9.17) is 9.73 Å². The molecule has 2 saturated heterocycles. The third-order valence-electron chi connectivity index (χ3n) is 6.29. The minimum Gasteiger partial charge on any atom is -0.497 e. The van der Waals surface area contributed by atoms with Crippen LogP contribution in [0.15, 0.2) is 29.3 Å². The number of benzene rings is 1. The molecule has 1 aromatic carbocycles. The molecule has 1 aromatic rings. The van der Waals surface area contributed by atoms with Crippen molar-refractivity contribution in [1.29, 1.82) is 0 Å². The zero-order valence-corrected chi connectivity index (χ0v) is 19.2. The van der Waals surface area contributed by atoms with Crippen LogP contribution in [0.25, 0.3) is 0 Å². The fraction of sp³-hybridized carbons (Fsp3) is 0.708. The molecule has 168 valence electrons. The average Bonchev–Trinajstić information content (AvgIpc) is 3.30. The molecule has 0 aromatic heterocycles. The molecule has 0 spiro atoms. The lowest BCUT2D eigenvalue weighted by molar-refractivity contribution is 0.206. The van der Waals surface area contributed by atoms with Crippen LogP contribution in [-0.4, -0.2) is 74.7 Å². The number of likely N-dealkylation sites (tertiary alicyclic amines) is 2. The number of guanidine groups is 1. The Hall–Kier alpha value is -1.79. The Labute approximate surface area is 183 Å². The standard InChI is InChI=1S/C24H41N5O/c1-4-13-28-16-11-21(12-17-28)27-24(25-5-2)26-19-23(29-14-6-7-15-29)20-9-8-10-22(18-20)30-3/h8-10,18,21,23H,4-7,11-17,19H2,1-3H3,(H2,25,26,27). The molecule has 2 N–H and O–H groups in total. The second-order valence-electron chi connectivity index (χ2n) is 8.52. The van der Waals surface area contributed by atoms with E-state index in [1.165, 1.54) is 57.3 Å². The van der Waals surface area contributed by atoms with Gasteiger partial charge in [-0.15, -0.1) is 0 Å². The monoisotopic (exact) mass is 415 g/mol. The number of methoxy groups -OCH3 is 1. The topological polar surface area (TPSA) is 52.1 Å². The number of ether oxygens (including phenoxy) is 1. The van der Waals surface area contributed by atoms with Crippen molar-refractivity contribution in [3.63, 3.8) is 0 Å². The highest BCUT2D eigenvalue weighted by atomic mass is 16.5. The lowest BCUT2D eigenvalue weighted by atomic mass is 10.0. The molecule has 2 heterocycles. The van der Waals surface area contributed by atoms with Gasteiger partial charge in [0.05, 0.1) is 19.7 Å². The summed E-state index contributed by atoms with van der Waals surface area (Å²) >= 11 is 0. The van der Waals surface area contributed by atoms with Crippen molar-refractivity contribution in [3.05, 3.63) is 29.8 Å². The largest absolute Gasteiger partial charge is 0.497 e. The fourth-order valence-electron chi connectivity index (χ4n) is 4.64. The molecule has 1 atom stereocenters. The van der Waals surface area contributed by atoms with Crippen molar-refractivity contribution in [2.75, 3.05) is 52.9 Å². The van der Waals surface area contributed by atoms with Gasteiger partial charge < -0.3 is 20.3 Å². The minimum absolute atomic E-state index is 0.296. The number of hydrogen-bond acceptors (Lipinski definition) is 4. The SMILES string of the molecule is CCCN1CCC(NC(=NCC(c2cccc(OC)c2)N2CCCC2)NCC)CC1. The van der Waals surface area contributed by atoms with E-state index in [0.717, 1.165) is 37.9 Å². The zero-order chi connectivity index (χ0) is 21.2. The summed E-state index contributed by atoms with van der Waals surface area (Å²) in [5.41, 5.74) is 1.30. The molecule has 2 aliphatic heterocycles. The molecular formula is C24H41N5O. The van der Waals surface area contributed by atoms with E-state index >= 15 is 0 Å². The summed E-state index contributed by atoms with van der Waals surface area (Å²) in [7, 11) is 1.74. The Morgan fingerprint density at radius 3 is 2.60 bits per heavy atom. The summed E-state index contributed by atoms with van der Waals surface area (Å²) in [5, 5.41) is 7.18. The Bertz CT molecular complexity index is 651. The third kappa shape index (κ3) is 6.61. The normalized spacial score (nSPS) is 20.3. The number of aliphatic imine (C=N–C) groups is 1. The maximum atomic E-state index is 5.48. The van der Waals surface area contributed by atoms with Crippen molar-refractivity contribution in [2.24, 2.45) is 4.99 Å². The minimum atomic E-state index is 0.296. The van der Waals surface area contributed by atoms with Crippen molar-refractivity contribution < 1.29 is 4.74 Å². The van der Waals surface area contributed by atoms with Crippen LogP contribution in [0.1, 0.15) is 57.6 Å². The number of nitrogens with zero attached hydrogens (tertiary/aromatic N) is 3. The van der Waals surface area contributed by atoms with Gasteiger partial charge in [-0.05, 0) is 76.4 Å². The summed E-state index contributed by atoms with van der Waals surface area (Å²) in [6.45, 7) is 11.9. The van der Waals surface area contributed by atoms with Gasteiger partial charge in [0, 0.05) is 25.7 Å². The van der Waals surface area contributed by atoms with Gasteiger partial charge in [0.25, 0.3) is 0 Å². The van der Waals surface area contributed by atoms with Crippen molar-refractivity contribution in [3.8, 4) is 5.75 Å². The van der Waals surface area contributed by atoms with Gasteiger partial charge in [-0.25, -0.2) is 0 Å². The van der Waals surface area contributed by atoms with Crippen LogP contribution in [0.3, 0.4) is 0 Å². The van der Waals surface area contributed by atoms with Crippen molar-refractivity contribution in [2.45, 2.75) is 58.0 Å². The van der Waals surface area contributed by atoms with Gasteiger partial charge in [-0.3, -0.25) is 9.89 Å². The average molecular weight is 416 g/mol. The molecule has 0 radical (unpaired) electrons. The van der Waals surface area contributed by atoms with E-state index in [1.807, 2.05) is 6.07 Å². The molecule has 0 aliphatic carbocycles. The first-order valence-corrected chi connectivity index (χ1v) is 11.9. The zero-order valence-electron chi connectivity index (χ0n) is 19.2. The number of nitrogens with one attached hydrogen (secondary N) is 2. The summed E-state index contributed by atoms with van der Waals surface area (Å²) < 4.78 is 5.48. The molecule has 1 unspecified atom stereocenters. The third-order valence-corrected chi connectivity index (χ3v) is 6.29. The molecule has 3 rings (SSSR count). The molecule has 2 aliphatic rings. The van der Waals surface area contributed by atoms with Crippen molar-refractivity contribution >= 4 is 5.96 Å². The van der Waals surface area contributed by atoms with Crippen LogP contribution < -0.4 is 15.4 Å². The predicted molar refractivity (Wildman–Crippen MR) is 125 cm³/mol. The van der Waals surface area contributed by atoms with Crippen LogP contribution in [0.4, 0.5) is 0 Å². The highest BCUT2D eigenvalue weighted by Gasteiger charge is 2.24. The smallest absolute Gasteiger partial charge is 0.191 e. The molecular weight excluding hydrogens is 374 g/mol.